The van der Waals surface area contributed by atoms with Crippen LogP contribution >= 0.6 is 11.6 Å². The Morgan fingerprint density at radius 2 is 2.13 bits per heavy atom. The number of aliphatic hydroxyl groups is 1. The number of aryl methyl sites for hydroxylation is 1. The highest BCUT2D eigenvalue weighted by Gasteiger charge is 2.05. The highest BCUT2D eigenvalue weighted by Crippen LogP contribution is 2.16. The molecular weight excluding hydrogens is 210 g/mol. The van der Waals surface area contributed by atoms with Gasteiger partial charge in [-0.25, -0.2) is 0 Å². The molecule has 84 valence electrons. The molecule has 1 atom stereocenters. The Hall–Kier alpha value is -0.570. The van der Waals surface area contributed by atoms with Gasteiger partial charge in [-0.3, -0.25) is 4.90 Å². The molecule has 0 saturated heterocycles. The minimum absolute atomic E-state index is 0.289. The topological polar surface area (TPSA) is 23.5 Å². The van der Waals surface area contributed by atoms with Crippen molar-refractivity contribution >= 4 is 11.6 Å². The average Bonchev–Trinajstić information content (AvgIpc) is 2.08. The van der Waals surface area contributed by atoms with Crippen molar-refractivity contribution in [2.45, 2.75) is 26.5 Å². The molecule has 0 amide bonds. The van der Waals surface area contributed by atoms with Crippen molar-refractivity contribution < 1.29 is 5.11 Å². The molecule has 0 spiro atoms. The molecule has 0 aliphatic rings. The van der Waals surface area contributed by atoms with E-state index in [9.17, 15) is 5.11 Å². The first-order valence-electron chi connectivity index (χ1n) is 5.10. The van der Waals surface area contributed by atoms with Gasteiger partial charge < -0.3 is 5.11 Å². The van der Waals surface area contributed by atoms with Crippen molar-refractivity contribution in [1.29, 1.82) is 0 Å². The van der Waals surface area contributed by atoms with Gasteiger partial charge in [0, 0.05) is 18.1 Å². The highest BCUT2D eigenvalue weighted by atomic mass is 35.5. The van der Waals surface area contributed by atoms with E-state index < -0.39 is 0 Å². The summed E-state index contributed by atoms with van der Waals surface area (Å²) in [5, 5.41) is 10.0. The molecule has 0 aliphatic carbocycles. The first-order valence-corrected chi connectivity index (χ1v) is 5.48. The second-order valence-electron chi connectivity index (χ2n) is 4.12. The quantitative estimate of drug-likeness (QED) is 0.854. The monoisotopic (exact) mass is 227 g/mol. The van der Waals surface area contributed by atoms with Crippen LogP contribution in [0.3, 0.4) is 0 Å². The van der Waals surface area contributed by atoms with Gasteiger partial charge in [0.2, 0.25) is 0 Å². The summed E-state index contributed by atoms with van der Waals surface area (Å²) in [6.45, 7) is 5.37. The highest BCUT2D eigenvalue weighted by molar-refractivity contribution is 6.30. The third-order valence-electron chi connectivity index (χ3n) is 2.32. The predicted octanol–water partition coefficient (Wildman–Crippen LogP) is 2.46. The summed E-state index contributed by atoms with van der Waals surface area (Å²) in [6, 6.07) is 5.91. The van der Waals surface area contributed by atoms with Crippen molar-refractivity contribution in [2.75, 3.05) is 13.6 Å². The summed E-state index contributed by atoms with van der Waals surface area (Å²) in [7, 11) is 2.00. The Balaban J connectivity index is 2.64. The average molecular weight is 228 g/mol. The van der Waals surface area contributed by atoms with Crippen LogP contribution in [-0.2, 0) is 6.54 Å². The first kappa shape index (κ1) is 12.5. The molecule has 1 aromatic rings. The summed E-state index contributed by atoms with van der Waals surface area (Å²) < 4.78 is 0. The van der Waals surface area contributed by atoms with E-state index in [2.05, 4.69) is 11.8 Å². The third kappa shape index (κ3) is 4.20. The number of hydrogen-bond acceptors (Lipinski definition) is 2. The molecule has 0 aromatic heterocycles. The van der Waals surface area contributed by atoms with Crippen LogP contribution < -0.4 is 0 Å². The van der Waals surface area contributed by atoms with Gasteiger partial charge in [-0.2, -0.15) is 0 Å². The summed E-state index contributed by atoms with van der Waals surface area (Å²) in [6.07, 6.45) is -0.289. The van der Waals surface area contributed by atoms with Crippen LogP contribution in [0.2, 0.25) is 5.02 Å². The maximum atomic E-state index is 9.25. The van der Waals surface area contributed by atoms with Crippen LogP contribution in [0.5, 0.6) is 0 Å². The van der Waals surface area contributed by atoms with E-state index in [1.165, 1.54) is 11.1 Å². The molecule has 1 N–H and O–H groups in total. The molecule has 2 nitrogen and oxygen atoms in total. The van der Waals surface area contributed by atoms with E-state index >= 15 is 0 Å². The zero-order valence-electron chi connectivity index (χ0n) is 9.50. The number of likely N-dealkylation sites (N-methyl/N-ethyl adjacent to an activating group) is 1. The van der Waals surface area contributed by atoms with Crippen molar-refractivity contribution in [2.24, 2.45) is 0 Å². The lowest BCUT2D eigenvalue weighted by Gasteiger charge is -2.19. The fourth-order valence-corrected chi connectivity index (χ4v) is 1.87. The standard InChI is InChI=1S/C12H18ClNO/c1-9-6-12(13)5-4-11(9)8-14(3)7-10(2)15/h4-6,10,15H,7-8H2,1-3H3/t10-/m0/s1. The number of rotatable bonds is 4. The second kappa shape index (κ2) is 5.50. The van der Waals surface area contributed by atoms with Crippen LogP contribution in [0, 0.1) is 6.92 Å². The third-order valence-corrected chi connectivity index (χ3v) is 2.56. The van der Waals surface area contributed by atoms with Crippen molar-refractivity contribution in [3.8, 4) is 0 Å². The molecule has 3 heteroatoms. The first-order chi connectivity index (χ1) is 6.99. The zero-order valence-corrected chi connectivity index (χ0v) is 10.3. The van der Waals surface area contributed by atoms with Gasteiger partial charge in [0.05, 0.1) is 6.10 Å². The molecule has 1 rings (SSSR count). The molecule has 0 unspecified atom stereocenters. The Morgan fingerprint density at radius 3 is 2.67 bits per heavy atom. The maximum Gasteiger partial charge on any atom is 0.0639 e. The summed E-state index contributed by atoms with van der Waals surface area (Å²) in [5.74, 6) is 0. The minimum Gasteiger partial charge on any atom is -0.392 e. The van der Waals surface area contributed by atoms with E-state index in [-0.39, 0.29) is 6.10 Å². The largest absolute Gasteiger partial charge is 0.392 e. The molecule has 0 saturated carbocycles. The van der Waals surface area contributed by atoms with E-state index in [1.807, 2.05) is 25.2 Å². The fraction of sp³-hybridized carbons (Fsp3) is 0.500. The van der Waals surface area contributed by atoms with E-state index in [1.54, 1.807) is 6.92 Å². The smallest absolute Gasteiger partial charge is 0.0639 e. The van der Waals surface area contributed by atoms with Crippen LogP contribution in [-0.4, -0.2) is 29.7 Å². The Morgan fingerprint density at radius 1 is 1.47 bits per heavy atom. The number of halogens is 1. The van der Waals surface area contributed by atoms with E-state index in [4.69, 9.17) is 11.6 Å². The predicted molar refractivity (Wildman–Crippen MR) is 64.2 cm³/mol. The van der Waals surface area contributed by atoms with Crippen LogP contribution in [0.25, 0.3) is 0 Å². The molecule has 15 heavy (non-hydrogen) atoms. The molecule has 0 aliphatic heterocycles. The van der Waals surface area contributed by atoms with E-state index in [0.29, 0.717) is 6.54 Å². The van der Waals surface area contributed by atoms with Crippen molar-refractivity contribution in [3.63, 3.8) is 0 Å². The molecule has 0 radical (unpaired) electrons. The minimum atomic E-state index is -0.289. The number of nitrogens with zero attached hydrogens (tertiary/aromatic N) is 1. The van der Waals surface area contributed by atoms with Crippen LogP contribution in [0.4, 0.5) is 0 Å². The normalized spacial score (nSPS) is 13.2. The van der Waals surface area contributed by atoms with Crippen LogP contribution in [0.15, 0.2) is 18.2 Å². The lowest BCUT2D eigenvalue weighted by Crippen LogP contribution is -2.27. The van der Waals surface area contributed by atoms with Gasteiger partial charge in [-0.15, -0.1) is 0 Å². The Bertz CT molecular complexity index is 325. The molecule has 0 heterocycles. The SMILES string of the molecule is Cc1cc(Cl)ccc1CN(C)C[C@H](C)O. The summed E-state index contributed by atoms with van der Waals surface area (Å²) in [5.41, 5.74) is 2.45. The van der Waals surface area contributed by atoms with Crippen molar-refractivity contribution in [3.05, 3.63) is 34.3 Å². The van der Waals surface area contributed by atoms with Gasteiger partial charge in [-0.1, -0.05) is 17.7 Å². The van der Waals surface area contributed by atoms with Gasteiger partial charge in [0.1, 0.15) is 0 Å². The van der Waals surface area contributed by atoms with E-state index in [0.717, 1.165) is 11.6 Å². The number of aliphatic hydroxyl groups excluding tert-OH is 1. The summed E-state index contributed by atoms with van der Waals surface area (Å²) >= 11 is 5.88. The molecule has 1 aromatic carbocycles. The zero-order chi connectivity index (χ0) is 11.4. The maximum absolute atomic E-state index is 9.25. The van der Waals surface area contributed by atoms with Gasteiger partial charge >= 0.3 is 0 Å². The van der Waals surface area contributed by atoms with Gasteiger partial charge in [0.15, 0.2) is 0 Å². The molecule has 0 bridgehead atoms. The van der Waals surface area contributed by atoms with Crippen molar-refractivity contribution in [1.82, 2.24) is 4.90 Å². The number of hydrogen-bond donors (Lipinski definition) is 1. The number of benzene rings is 1. The Labute approximate surface area is 96.5 Å². The lowest BCUT2D eigenvalue weighted by atomic mass is 10.1. The molecular formula is C12H18ClNO. The fourth-order valence-electron chi connectivity index (χ4n) is 1.64. The molecule has 0 fully saturated rings. The van der Waals surface area contributed by atoms with Gasteiger partial charge in [-0.05, 0) is 44.2 Å². The van der Waals surface area contributed by atoms with Crippen LogP contribution in [0.1, 0.15) is 18.1 Å². The second-order valence-corrected chi connectivity index (χ2v) is 4.55. The van der Waals surface area contributed by atoms with Gasteiger partial charge in [0.25, 0.3) is 0 Å². The Kier molecular flexibility index (Phi) is 4.58. The summed E-state index contributed by atoms with van der Waals surface area (Å²) in [4.78, 5) is 2.10. The lowest BCUT2D eigenvalue weighted by molar-refractivity contribution is 0.138.